The van der Waals surface area contributed by atoms with Crippen LogP contribution in [0.4, 0.5) is 0 Å². The van der Waals surface area contributed by atoms with Gasteiger partial charge in [0, 0.05) is 31.2 Å². The molecule has 0 aliphatic carbocycles. The summed E-state index contributed by atoms with van der Waals surface area (Å²) in [6.45, 7) is 9.77. The highest BCUT2D eigenvalue weighted by Crippen LogP contribution is 2.32. The number of oxazole rings is 1. The van der Waals surface area contributed by atoms with Crippen molar-refractivity contribution in [1.29, 1.82) is 0 Å². The lowest BCUT2D eigenvalue weighted by atomic mass is 9.95. The van der Waals surface area contributed by atoms with E-state index >= 15 is 0 Å². The fourth-order valence-electron chi connectivity index (χ4n) is 3.83. The Morgan fingerprint density at radius 2 is 2.03 bits per heavy atom. The first-order valence-electron chi connectivity index (χ1n) is 10.7. The molecule has 2 heterocycles. The molecule has 0 radical (unpaired) electrons. The van der Waals surface area contributed by atoms with Crippen molar-refractivity contribution in [3.8, 4) is 11.3 Å². The summed E-state index contributed by atoms with van der Waals surface area (Å²) in [6.07, 6.45) is 2.76. The lowest BCUT2D eigenvalue weighted by Crippen LogP contribution is -2.48. The van der Waals surface area contributed by atoms with Gasteiger partial charge in [0.15, 0.2) is 5.89 Å². The van der Waals surface area contributed by atoms with E-state index in [-0.39, 0.29) is 11.9 Å². The average molecular weight is 400 g/mol. The molecular formula is C23H33N3O3. The van der Waals surface area contributed by atoms with Crippen molar-refractivity contribution < 1.29 is 13.9 Å². The molecule has 0 spiro atoms. The predicted molar refractivity (Wildman–Crippen MR) is 114 cm³/mol. The van der Waals surface area contributed by atoms with Crippen molar-refractivity contribution in [3.05, 3.63) is 42.0 Å². The molecule has 1 aromatic carbocycles. The van der Waals surface area contributed by atoms with Crippen LogP contribution in [-0.2, 0) is 9.53 Å². The van der Waals surface area contributed by atoms with E-state index in [4.69, 9.17) is 14.1 Å². The number of aromatic nitrogens is 1. The summed E-state index contributed by atoms with van der Waals surface area (Å²) in [7, 11) is 0. The van der Waals surface area contributed by atoms with E-state index < -0.39 is 0 Å². The molecule has 1 saturated heterocycles. The highest BCUT2D eigenvalue weighted by molar-refractivity contribution is 5.81. The van der Waals surface area contributed by atoms with Gasteiger partial charge in [-0.2, -0.15) is 0 Å². The molecule has 3 rings (SSSR count). The lowest BCUT2D eigenvalue weighted by molar-refractivity contribution is -0.126. The summed E-state index contributed by atoms with van der Waals surface area (Å²) in [5.41, 5.74) is 2.02. The third-order valence-electron chi connectivity index (χ3n) is 5.64. The first-order chi connectivity index (χ1) is 14.1. The van der Waals surface area contributed by atoms with Gasteiger partial charge in [0.05, 0.1) is 6.04 Å². The molecule has 0 bridgehead atoms. The molecule has 1 aliphatic heterocycles. The fraction of sp³-hybridized carbons (Fsp3) is 0.565. The summed E-state index contributed by atoms with van der Waals surface area (Å²) >= 11 is 0. The van der Waals surface area contributed by atoms with Crippen molar-refractivity contribution in [2.75, 3.05) is 32.8 Å². The number of hydrogen-bond donors (Lipinski definition) is 1. The number of carbonyl (C=O) groups is 1. The minimum atomic E-state index is -0.116. The van der Waals surface area contributed by atoms with Crippen LogP contribution < -0.4 is 5.32 Å². The van der Waals surface area contributed by atoms with E-state index in [0.29, 0.717) is 19.1 Å². The summed E-state index contributed by atoms with van der Waals surface area (Å²) in [5, 5.41) is 3.02. The Morgan fingerprint density at radius 3 is 2.72 bits per heavy atom. The van der Waals surface area contributed by atoms with Crippen LogP contribution in [-0.4, -0.2) is 54.7 Å². The topological polar surface area (TPSA) is 67.6 Å². The molecule has 6 heteroatoms. The largest absolute Gasteiger partial charge is 0.445 e. The molecule has 0 unspecified atom stereocenters. The zero-order chi connectivity index (χ0) is 20.6. The van der Waals surface area contributed by atoms with E-state index in [1.54, 1.807) is 0 Å². The van der Waals surface area contributed by atoms with Crippen LogP contribution >= 0.6 is 0 Å². The Bertz CT molecular complexity index is 767. The summed E-state index contributed by atoms with van der Waals surface area (Å²) in [6, 6.07) is 10.0. The molecule has 1 aromatic heterocycles. The zero-order valence-electron chi connectivity index (χ0n) is 17.8. The number of benzene rings is 1. The van der Waals surface area contributed by atoms with Crippen LogP contribution in [0.25, 0.3) is 11.3 Å². The minimum absolute atomic E-state index is 0.0956. The van der Waals surface area contributed by atoms with Crippen LogP contribution in [0.3, 0.4) is 0 Å². The Balaban J connectivity index is 1.50. The van der Waals surface area contributed by atoms with Crippen LogP contribution in [0.2, 0.25) is 0 Å². The van der Waals surface area contributed by atoms with Gasteiger partial charge < -0.3 is 14.5 Å². The van der Waals surface area contributed by atoms with Gasteiger partial charge in [-0.25, -0.2) is 4.98 Å². The number of nitrogens with zero attached hydrogens (tertiary/aromatic N) is 2. The second kappa shape index (κ2) is 10.6. The normalized spacial score (nSPS) is 16.7. The van der Waals surface area contributed by atoms with Gasteiger partial charge >= 0.3 is 0 Å². The van der Waals surface area contributed by atoms with Crippen LogP contribution in [0.1, 0.15) is 50.7 Å². The summed E-state index contributed by atoms with van der Waals surface area (Å²) in [5.74, 6) is 2.10. The second-order valence-electron chi connectivity index (χ2n) is 7.65. The smallest absolute Gasteiger partial charge is 0.237 e. The molecule has 158 valence electrons. The second-order valence-corrected chi connectivity index (χ2v) is 7.65. The Hall–Kier alpha value is -2.18. The van der Waals surface area contributed by atoms with Crippen molar-refractivity contribution >= 4 is 5.91 Å². The van der Waals surface area contributed by atoms with Gasteiger partial charge in [0.1, 0.15) is 11.5 Å². The van der Waals surface area contributed by atoms with Gasteiger partial charge in [0.2, 0.25) is 5.91 Å². The van der Waals surface area contributed by atoms with E-state index in [1.165, 1.54) is 0 Å². The summed E-state index contributed by atoms with van der Waals surface area (Å²) < 4.78 is 11.3. The third kappa shape index (κ3) is 5.67. The van der Waals surface area contributed by atoms with Crippen molar-refractivity contribution in [2.45, 2.75) is 52.0 Å². The van der Waals surface area contributed by atoms with E-state index in [2.05, 4.69) is 22.3 Å². The minimum Gasteiger partial charge on any atom is -0.445 e. The monoisotopic (exact) mass is 399 g/mol. The number of amides is 1. The number of piperidine rings is 1. The third-order valence-corrected chi connectivity index (χ3v) is 5.64. The first-order valence-corrected chi connectivity index (χ1v) is 10.7. The van der Waals surface area contributed by atoms with E-state index in [0.717, 1.165) is 61.9 Å². The standard InChI is InChI=1S/C23H33N3O3/c1-4-28-16-8-13-24-22(27)17(2)26-14-11-20(12-15-26)23-25-21(18(3)29-23)19-9-6-5-7-10-19/h5-7,9-10,17,20H,4,8,11-16H2,1-3H3,(H,24,27)/t17-/m0/s1. The molecule has 1 aliphatic rings. The van der Waals surface area contributed by atoms with Gasteiger partial charge in [-0.1, -0.05) is 30.3 Å². The number of ether oxygens (including phenoxy) is 1. The molecule has 1 N–H and O–H groups in total. The van der Waals surface area contributed by atoms with Gasteiger partial charge in [-0.05, 0) is 53.1 Å². The van der Waals surface area contributed by atoms with Gasteiger partial charge in [0.25, 0.3) is 0 Å². The number of aryl methyl sites for hydroxylation is 1. The van der Waals surface area contributed by atoms with Gasteiger partial charge in [-0.3, -0.25) is 9.69 Å². The van der Waals surface area contributed by atoms with E-state index in [1.807, 2.05) is 39.0 Å². The maximum atomic E-state index is 12.4. The highest BCUT2D eigenvalue weighted by Gasteiger charge is 2.29. The maximum absolute atomic E-state index is 12.4. The lowest BCUT2D eigenvalue weighted by Gasteiger charge is -2.34. The number of rotatable bonds is 9. The maximum Gasteiger partial charge on any atom is 0.237 e. The molecule has 2 aromatic rings. The molecule has 1 amide bonds. The average Bonchev–Trinajstić information content (AvgIpc) is 3.15. The predicted octanol–water partition coefficient (Wildman–Crippen LogP) is 3.76. The van der Waals surface area contributed by atoms with E-state index in [9.17, 15) is 4.79 Å². The van der Waals surface area contributed by atoms with Gasteiger partial charge in [-0.15, -0.1) is 0 Å². The zero-order valence-corrected chi connectivity index (χ0v) is 17.8. The molecule has 1 fully saturated rings. The number of hydrogen-bond acceptors (Lipinski definition) is 5. The fourth-order valence-corrected chi connectivity index (χ4v) is 3.83. The van der Waals surface area contributed by atoms with Crippen LogP contribution in [0.5, 0.6) is 0 Å². The highest BCUT2D eigenvalue weighted by atomic mass is 16.5. The molecule has 6 nitrogen and oxygen atoms in total. The van der Waals surface area contributed by atoms with Crippen molar-refractivity contribution in [3.63, 3.8) is 0 Å². The summed E-state index contributed by atoms with van der Waals surface area (Å²) in [4.78, 5) is 19.5. The molecule has 1 atom stereocenters. The quantitative estimate of drug-likeness (QED) is 0.650. The number of carbonyl (C=O) groups excluding carboxylic acids is 1. The Morgan fingerprint density at radius 1 is 1.31 bits per heavy atom. The molecule has 0 saturated carbocycles. The first kappa shape index (κ1) is 21.5. The van der Waals surface area contributed by atoms with Crippen LogP contribution in [0.15, 0.2) is 34.7 Å². The number of nitrogens with one attached hydrogen (secondary N) is 1. The molecule has 29 heavy (non-hydrogen) atoms. The SMILES string of the molecule is CCOCCCNC(=O)[C@H](C)N1CCC(c2nc(-c3ccccc3)c(C)o2)CC1. The number of likely N-dealkylation sites (tertiary alicyclic amines) is 1. The van der Waals surface area contributed by atoms with Crippen molar-refractivity contribution in [2.24, 2.45) is 0 Å². The Labute approximate surface area is 173 Å². The van der Waals surface area contributed by atoms with Crippen LogP contribution in [0, 0.1) is 6.92 Å². The van der Waals surface area contributed by atoms with Crippen molar-refractivity contribution in [1.82, 2.24) is 15.2 Å². The molecular weight excluding hydrogens is 366 g/mol. The Kier molecular flexibility index (Phi) is 7.83.